The van der Waals surface area contributed by atoms with Crippen molar-refractivity contribution in [2.45, 2.75) is 69.9 Å². The molecule has 0 atom stereocenters. The summed E-state index contributed by atoms with van der Waals surface area (Å²) in [6.45, 7) is 0.850. The molecule has 3 nitrogen and oxygen atoms in total. The lowest BCUT2D eigenvalue weighted by Gasteiger charge is -2.15. The Labute approximate surface area is 98.4 Å². The van der Waals surface area contributed by atoms with E-state index in [-0.39, 0.29) is 5.91 Å². The molecule has 0 aromatic rings. The normalized spacial score (nSPS) is 22.8. The largest absolute Gasteiger partial charge is 0.353 e. The first-order valence-corrected chi connectivity index (χ1v) is 6.87. The van der Waals surface area contributed by atoms with Gasteiger partial charge in [0.25, 0.3) is 0 Å². The van der Waals surface area contributed by atoms with E-state index >= 15 is 0 Å². The molecule has 2 N–H and O–H groups in total. The highest BCUT2D eigenvalue weighted by Gasteiger charge is 2.22. The standard InChI is InChI=1S/C13H24N2O/c16-13(15-12-7-8-12)9-10-14-11-5-3-1-2-4-6-11/h11-12,14H,1-10H2,(H,15,16). The number of amides is 1. The third kappa shape index (κ3) is 4.52. The molecule has 0 saturated heterocycles. The van der Waals surface area contributed by atoms with Crippen LogP contribution in [0.4, 0.5) is 0 Å². The van der Waals surface area contributed by atoms with Gasteiger partial charge in [0.1, 0.15) is 0 Å². The quantitative estimate of drug-likeness (QED) is 0.701. The van der Waals surface area contributed by atoms with Crippen molar-refractivity contribution in [2.75, 3.05) is 6.54 Å². The molecule has 0 radical (unpaired) electrons. The first kappa shape index (κ1) is 11.9. The molecule has 2 saturated carbocycles. The van der Waals surface area contributed by atoms with E-state index in [4.69, 9.17) is 0 Å². The van der Waals surface area contributed by atoms with Crippen molar-refractivity contribution < 1.29 is 4.79 Å². The van der Waals surface area contributed by atoms with Crippen LogP contribution in [-0.4, -0.2) is 24.5 Å². The lowest BCUT2D eigenvalue weighted by Crippen LogP contribution is -2.33. The van der Waals surface area contributed by atoms with Crippen LogP contribution in [0.1, 0.15) is 57.8 Å². The summed E-state index contributed by atoms with van der Waals surface area (Å²) in [6.07, 6.45) is 11.1. The smallest absolute Gasteiger partial charge is 0.221 e. The number of nitrogens with one attached hydrogen (secondary N) is 2. The van der Waals surface area contributed by atoms with E-state index in [2.05, 4.69) is 10.6 Å². The van der Waals surface area contributed by atoms with Crippen molar-refractivity contribution in [1.82, 2.24) is 10.6 Å². The third-order valence-electron chi connectivity index (χ3n) is 3.58. The maximum Gasteiger partial charge on any atom is 0.221 e. The molecule has 2 rings (SSSR count). The Morgan fingerprint density at radius 2 is 1.62 bits per heavy atom. The van der Waals surface area contributed by atoms with E-state index < -0.39 is 0 Å². The van der Waals surface area contributed by atoms with Gasteiger partial charge >= 0.3 is 0 Å². The van der Waals surface area contributed by atoms with Crippen molar-refractivity contribution in [2.24, 2.45) is 0 Å². The zero-order chi connectivity index (χ0) is 11.2. The molecule has 2 aliphatic rings. The number of rotatable bonds is 5. The Balaban J connectivity index is 1.53. The second-order valence-corrected chi connectivity index (χ2v) is 5.23. The Morgan fingerprint density at radius 1 is 0.938 bits per heavy atom. The monoisotopic (exact) mass is 224 g/mol. The van der Waals surface area contributed by atoms with E-state index in [1.807, 2.05) is 0 Å². The minimum absolute atomic E-state index is 0.226. The molecule has 0 bridgehead atoms. The molecule has 0 spiro atoms. The van der Waals surface area contributed by atoms with Crippen molar-refractivity contribution in [3.05, 3.63) is 0 Å². The maximum absolute atomic E-state index is 11.5. The molecule has 92 valence electrons. The summed E-state index contributed by atoms with van der Waals surface area (Å²) >= 11 is 0. The van der Waals surface area contributed by atoms with Gasteiger partial charge in [-0.1, -0.05) is 25.7 Å². The van der Waals surface area contributed by atoms with Crippen LogP contribution in [0.5, 0.6) is 0 Å². The highest BCUT2D eigenvalue weighted by atomic mass is 16.1. The van der Waals surface area contributed by atoms with Crippen LogP contribution in [0.15, 0.2) is 0 Å². The lowest BCUT2D eigenvalue weighted by molar-refractivity contribution is -0.121. The number of carbonyl (C=O) groups excluding carboxylic acids is 1. The Morgan fingerprint density at radius 3 is 2.25 bits per heavy atom. The predicted octanol–water partition coefficient (Wildman–Crippen LogP) is 1.97. The van der Waals surface area contributed by atoms with Crippen LogP contribution in [0, 0.1) is 0 Å². The van der Waals surface area contributed by atoms with Gasteiger partial charge in [0.05, 0.1) is 0 Å². The second kappa shape index (κ2) is 6.24. The zero-order valence-electron chi connectivity index (χ0n) is 10.1. The molecule has 0 unspecified atom stereocenters. The van der Waals surface area contributed by atoms with Crippen LogP contribution in [0.2, 0.25) is 0 Å². The molecule has 0 aromatic heterocycles. The molecule has 2 aliphatic carbocycles. The van der Waals surface area contributed by atoms with Gasteiger partial charge in [-0.15, -0.1) is 0 Å². The molecular weight excluding hydrogens is 200 g/mol. The van der Waals surface area contributed by atoms with Crippen molar-refractivity contribution in [1.29, 1.82) is 0 Å². The number of carbonyl (C=O) groups is 1. The van der Waals surface area contributed by atoms with Gasteiger partial charge in [0.15, 0.2) is 0 Å². The maximum atomic E-state index is 11.5. The van der Waals surface area contributed by atoms with E-state index in [0.29, 0.717) is 18.5 Å². The lowest BCUT2D eigenvalue weighted by atomic mass is 10.1. The van der Waals surface area contributed by atoms with Crippen LogP contribution in [-0.2, 0) is 4.79 Å². The average Bonchev–Trinajstić information content (AvgIpc) is 3.05. The fourth-order valence-corrected chi connectivity index (χ4v) is 2.40. The Bertz CT molecular complexity index is 218. The summed E-state index contributed by atoms with van der Waals surface area (Å²) in [6, 6.07) is 1.17. The van der Waals surface area contributed by atoms with Gasteiger partial charge in [-0.3, -0.25) is 4.79 Å². The van der Waals surface area contributed by atoms with E-state index in [0.717, 1.165) is 6.54 Å². The molecule has 0 aromatic carbocycles. The topological polar surface area (TPSA) is 41.1 Å². The van der Waals surface area contributed by atoms with Gasteiger partial charge in [-0.25, -0.2) is 0 Å². The van der Waals surface area contributed by atoms with Gasteiger partial charge < -0.3 is 10.6 Å². The molecule has 0 heterocycles. The average molecular weight is 224 g/mol. The highest BCUT2D eigenvalue weighted by Crippen LogP contribution is 2.19. The van der Waals surface area contributed by atoms with Crippen LogP contribution in [0.25, 0.3) is 0 Å². The number of hydrogen-bond acceptors (Lipinski definition) is 2. The third-order valence-corrected chi connectivity index (χ3v) is 3.58. The summed E-state index contributed by atoms with van der Waals surface area (Å²) in [7, 11) is 0. The molecule has 2 fully saturated rings. The minimum Gasteiger partial charge on any atom is -0.353 e. The first-order chi connectivity index (χ1) is 7.84. The van der Waals surface area contributed by atoms with Gasteiger partial charge in [0, 0.05) is 25.0 Å². The molecule has 16 heavy (non-hydrogen) atoms. The van der Waals surface area contributed by atoms with Crippen molar-refractivity contribution >= 4 is 5.91 Å². The van der Waals surface area contributed by atoms with E-state index in [9.17, 15) is 4.79 Å². The predicted molar refractivity (Wildman–Crippen MR) is 65.3 cm³/mol. The number of hydrogen-bond donors (Lipinski definition) is 2. The van der Waals surface area contributed by atoms with Crippen molar-refractivity contribution in [3.8, 4) is 0 Å². The van der Waals surface area contributed by atoms with Gasteiger partial charge in [0.2, 0.25) is 5.91 Å². The molecule has 0 aliphatic heterocycles. The summed E-state index contributed by atoms with van der Waals surface area (Å²) < 4.78 is 0. The zero-order valence-corrected chi connectivity index (χ0v) is 10.1. The molecule has 1 amide bonds. The SMILES string of the molecule is O=C(CCNC1CCCCCC1)NC1CC1. The van der Waals surface area contributed by atoms with Gasteiger partial charge in [-0.05, 0) is 25.7 Å². The van der Waals surface area contributed by atoms with Crippen LogP contribution in [0.3, 0.4) is 0 Å². The Kier molecular flexibility index (Phi) is 4.64. The van der Waals surface area contributed by atoms with Gasteiger partial charge in [-0.2, -0.15) is 0 Å². The van der Waals surface area contributed by atoms with Crippen LogP contribution < -0.4 is 10.6 Å². The highest BCUT2D eigenvalue weighted by molar-refractivity contribution is 5.76. The minimum atomic E-state index is 0.226. The fraction of sp³-hybridized carbons (Fsp3) is 0.923. The summed E-state index contributed by atoms with van der Waals surface area (Å²) in [5.74, 6) is 0.226. The summed E-state index contributed by atoms with van der Waals surface area (Å²) in [5.41, 5.74) is 0. The van der Waals surface area contributed by atoms with E-state index in [1.54, 1.807) is 0 Å². The summed E-state index contributed by atoms with van der Waals surface area (Å²) in [5, 5.41) is 6.55. The summed E-state index contributed by atoms with van der Waals surface area (Å²) in [4.78, 5) is 11.5. The first-order valence-electron chi connectivity index (χ1n) is 6.87. The second-order valence-electron chi connectivity index (χ2n) is 5.23. The molecular formula is C13H24N2O. The van der Waals surface area contributed by atoms with Crippen molar-refractivity contribution in [3.63, 3.8) is 0 Å². The Hall–Kier alpha value is -0.570. The van der Waals surface area contributed by atoms with E-state index in [1.165, 1.54) is 51.4 Å². The van der Waals surface area contributed by atoms with Crippen LogP contribution >= 0.6 is 0 Å². The molecule has 3 heteroatoms. The fourth-order valence-electron chi connectivity index (χ4n) is 2.40.